The molecule has 32 heavy (non-hydrogen) atoms. The van der Waals surface area contributed by atoms with Gasteiger partial charge in [0.1, 0.15) is 11.4 Å². The number of likely N-dealkylation sites (tertiary alicyclic amines) is 1. The third-order valence-electron chi connectivity index (χ3n) is 6.26. The molecule has 1 aromatic heterocycles. The first-order valence-corrected chi connectivity index (χ1v) is 12.0. The van der Waals surface area contributed by atoms with Gasteiger partial charge in [-0.1, -0.05) is 34.1 Å². The number of nitrogens with one attached hydrogen (secondary N) is 1. The lowest BCUT2D eigenvalue weighted by atomic mass is 9.84. The van der Waals surface area contributed by atoms with E-state index < -0.39 is 5.60 Å². The van der Waals surface area contributed by atoms with Crippen LogP contribution in [0.1, 0.15) is 50.1 Å². The van der Waals surface area contributed by atoms with Crippen molar-refractivity contribution < 1.29 is 9.53 Å². The second kappa shape index (κ2) is 8.07. The van der Waals surface area contributed by atoms with Gasteiger partial charge < -0.3 is 14.6 Å². The van der Waals surface area contributed by atoms with Crippen LogP contribution in [0.2, 0.25) is 0 Å². The number of aryl methyl sites for hydroxylation is 2. The summed E-state index contributed by atoms with van der Waals surface area (Å²) < 4.78 is 6.66. The van der Waals surface area contributed by atoms with Crippen molar-refractivity contribution in [3.8, 4) is 22.4 Å². The lowest BCUT2D eigenvalue weighted by molar-refractivity contribution is 0.0292. The number of fused-ring (bicyclic) bond motifs is 3. The molecule has 1 unspecified atom stereocenters. The fourth-order valence-corrected chi connectivity index (χ4v) is 5.11. The minimum atomic E-state index is -0.476. The molecule has 2 aromatic carbocycles. The summed E-state index contributed by atoms with van der Waals surface area (Å²) in [6.45, 7) is 7.02. The Kier molecular flexibility index (Phi) is 5.36. The average molecular weight is 494 g/mol. The van der Waals surface area contributed by atoms with Crippen LogP contribution in [0.5, 0.6) is 0 Å². The minimum absolute atomic E-state index is 0.208. The van der Waals surface area contributed by atoms with E-state index in [1.165, 1.54) is 22.3 Å². The fraction of sp³-hybridized carbons (Fsp3) is 0.385. The normalized spacial score (nSPS) is 17.8. The molecule has 6 heteroatoms. The second-order valence-electron chi connectivity index (χ2n) is 9.77. The van der Waals surface area contributed by atoms with E-state index in [0.29, 0.717) is 13.1 Å². The second-order valence-corrected chi connectivity index (χ2v) is 10.7. The molecule has 1 saturated heterocycles. The maximum absolute atomic E-state index is 12.4. The molecule has 3 aromatic rings. The Bertz CT molecular complexity index is 1180. The number of ether oxygens (including phenoxy) is 1. The topological polar surface area (TPSA) is 58.2 Å². The SMILES string of the molecule is CC(C)(C)OC(=O)N1CCC(c2ncc(-c3ccc4c(c3)CCc3cc(Br)ccc3-4)[nH]2)C1. The van der Waals surface area contributed by atoms with Crippen molar-refractivity contribution in [3.63, 3.8) is 0 Å². The van der Waals surface area contributed by atoms with Gasteiger partial charge in [-0.3, -0.25) is 0 Å². The van der Waals surface area contributed by atoms with E-state index in [1.807, 2.05) is 27.0 Å². The molecule has 1 atom stereocenters. The zero-order chi connectivity index (χ0) is 22.5. The number of H-pyrrole nitrogens is 1. The van der Waals surface area contributed by atoms with Gasteiger partial charge in [0.15, 0.2) is 0 Å². The Morgan fingerprint density at radius 3 is 2.59 bits per heavy atom. The van der Waals surface area contributed by atoms with Gasteiger partial charge in [-0.25, -0.2) is 9.78 Å². The van der Waals surface area contributed by atoms with E-state index in [9.17, 15) is 4.79 Å². The molecule has 0 saturated carbocycles. The number of imidazole rings is 1. The van der Waals surface area contributed by atoms with Gasteiger partial charge in [0.2, 0.25) is 0 Å². The van der Waals surface area contributed by atoms with Crippen molar-refractivity contribution in [2.24, 2.45) is 0 Å². The summed E-state index contributed by atoms with van der Waals surface area (Å²) in [4.78, 5) is 22.3. The Labute approximate surface area is 197 Å². The molecule has 1 fully saturated rings. The van der Waals surface area contributed by atoms with Crippen LogP contribution in [0.3, 0.4) is 0 Å². The first-order valence-electron chi connectivity index (χ1n) is 11.2. The van der Waals surface area contributed by atoms with Crippen molar-refractivity contribution in [1.29, 1.82) is 0 Å². The quantitative estimate of drug-likeness (QED) is 0.453. The van der Waals surface area contributed by atoms with Crippen LogP contribution in [-0.4, -0.2) is 39.7 Å². The van der Waals surface area contributed by atoms with Crippen LogP contribution in [0, 0.1) is 0 Å². The summed E-state index contributed by atoms with van der Waals surface area (Å²) in [6.07, 6.45) is 4.67. The number of amides is 1. The monoisotopic (exact) mass is 493 g/mol. The zero-order valence-corrected chi connectivity index (χ0v) is 20.3. The summed E-state index contributed by atoms with van der Waals surface area (Å²) in [5.74, 6) is 1.15. The molecule has 5 nitrogen and oxygen atoms in total. The van der Waals surface area contributed by atoms with Crippen LogP contribution in [-0.2, 0) is 17.6 Å². The predicted molar refractivity (Wildman–Crippen MR) is 130 cm³/mol. The smallest absolute Gasteiger partial charge is 0.410 e. The molecule has 1 N–H and O–H groups in total. The summed E-state index contributed by atoms with van der Waals surface area (Å²) in [5.41, 5.74) is 7.15. The maximum Gasteiger partial charge on any atom is 0.410 e. The predicted octanol–water partition coefficient (Wildman–Crippen LogP) is 6.33. The molecule has 2 aliphatic rings. The Hall–Kier alpha value is -2.60. The molecular formula is C26H28BrN3O2. The Morgan fingerprint density at radius 2 is 1.84 bits per heavy atom. The van der Waals surface area contributed by atoms with E-state index in [2.05, 4.69) is 62.3 Å². The largest absolute Gasteiger partial charge is 0.444 e. The van der Waals surface area contributed by atoms with Gasteiger partial charge in [-0.15, -0.1) is 0 Å². The number of aromatic amines is 1. The van der Waals surface area contributed by atoms with Crippen molar-refractivity contribution in [2.75, 3.05) is 13.1 Å². The Morgan fingerprint density at radius 1 is 1.12 bits per heavy atom. The number of benzene rings is 2. The number of halogens is 1. The van der Waals surface area contributed by atoms with Gasteiger partial charge in [-0.2, -0.15) is 0 Å². The lowest BCUT2D eigenvalue weighted by Crippen LogP contribution is -2.35. The highest BCUT2D eigenvalue weighted by molar-refractivity contribution is 9.10. The molecule has 1 aliphatic carbocycles. The zero-order valence-electron chi connectivity index (χ0n) is 18.7. The molecule has 0 spiro atoms. The number of nitrogens with zero attached hydrogens (tertiary/aromatic N) is 2. The molecule has 1 aliphatic heterocycles. The molecule has 5 rings (SSSR count). The summed E-state index contributed by atoms with van der Waals surface area (Å²) in [7, 11) is 0. The maximum atomic E-state index is 12.4. The van der Waals surface area contributed by atoms with Crippen LogP contribution >= 0.6 is 15.9 Å². The highest BCUT2D eigenvalue weighted by Crippen LogP contribution is 2.37. The van der Waals surface area contributed by atoms with Gasteiger partial charge in [0.25, 0.3) is 0 Å². The van der Waals surface area contributed by atoms with E-state index in [4.69, 9.17) is 4.74 Å². The fourth-order valence-electron chi connectivity index (χ4n) is 4.70. The number of hydrogen-bond acceptors (Lipinski definition) is 3. The molecule has 0 bridgehead atoms. The third-order valence-corrected chi connectivity index (χ3v) is 6.75. The molecule has 0 radical (unpaired) electrons. The number of aromatic nitrogens is 2. The van der Waals surface area contributed by atoms with Crippen LogP contribution < -0.4 is 0 Å². The van der Waals surface area contributed by atoms with Gasteiger partial charge in [-0.05, 0) is 86.1 Å². The number of carbonyl (C=O) groups excluding carboxylic acids is 1. The first kappa shape index (κ1) is 21.3. The van der Waals surface area contributed by atoms with Crippen LogP contribution in [0.25, 0.3) is 22.4 Å². The molecule has 1 amide bonds. The van der Waals surface area contributed by atoms with Crippen LogP contribution in [0.15, 0.2) is 47.1 Å². The first-order chi connectivity index (χ1) is 15.3. The number of rotatable bonds is 2. The highest BCUT2D eigenvalue weighted by Gasteiger charge is 2.32. The van der Waals surface area contributed by atoms with Gasteiger partial charge >= 0.3 is 6.09 Å². The van der Waals surface area contributed by atoms with Crippen molar-refractivity contribution in [3.05, 3.63) is 64.0 Å². The molecule has 2 heterocycles. The van der Waals surface area contributed by atoms with E-state index in [1.54, 1.807) is 4.90 Å². The third kappa shape index (κ3) is 4.20. The van der Waals surface area contributed by atoms with E-state index in [0.717, 1.165) is 40.8 Å². The number of hydrogen-bond donors (Lipinski definition) is 1. The molecule has 166 valence electrons. The van der Waals surface area contributed by atoms with E-state index in [-0.39, 0.29) is 12.0 Å². The number of carbonyl (C=O) groups is 1. The van der Waals surface area contributed by atoms with Gasteiger partial charge in [0.05, 0.1) is 11.9 Å². The minimum Gasteiger partial charge on any atom is -0.444 e. The summed E-state index contributed by atoms with van der Waals surface area (Å²) in [6, 6.07) is 13.3. The van der Waals surface area contributed by atoms with Crippen molar-refractivity contribution in [2.45, 2.75) is 51.6 Å². The average Bonchev–Trinajstić information content (AvgIpc) is 3.41. The highest BCUT2D eigenvalue weighted by atomic mass is 79.9. The molecular weight excluding hydrogens is 466 g/mol. The lowest BCUT2D eigenvalue weighted by Gasteiger charge is -2.24. The standard InChI is InChI=1S/C26H28BrN3O2/c1-26(2,3)32-25(31)30-11-10-19(15-30)24-28-14-23(29-24)18-6-8-21-16(12-18)4-5-17-13-20(27)7-9-22(17)21/h6-9,12-14,19H,4-5,10-11,15H2,1-3H3,(H,28,29). The summed E-state index contributed by atoms with van der Waals surface area (Å²) in [5, 5.41) is 0. The Balaban J connectivity index is 1.33. The van der Waals surface area contributed by atoms with Gasteiger partial charge in [0, 0.05) is 23.5 Å². The van der Waals surface area contributed by atoms with Crippen molar-refractivity contribution in [1.82, 2.24) is 14.9 Å². The van der Waals surface area contributed by atoms with Crippen LogP contribution in [0.4, 0.5) is 4.79 Å². The summed E-state index contributed by atoms with van der Waals surface area (Å²) >= 11 is 3.59. The van der Waals surface area contributed by atoms with E-state index >= 15 is 0 Å². The van der Waals surface area contributed by atoms with Crippen molar-refractivity contribution >= 4 is 22.0 Å².